The third kappa shape index (κ3) is 7.51. The molecule has 2 heterocycles. The number of anilines is 2. The van der Waals surface area contributed by atoms with Crippen LogP contribution in [0.5, 0.6) is 11.5 Å². The van der Waals surface area contributed by atoms with Crippen molar-refractivity contribution in [1.29, 1.82) is 0 Å². The number of carbonyl (C=O) groups excluding carboxylic acids is 3. The summed E-state index contributed by atoms with van der Waals surface area (Å²) >= 11 is 0.956. The van der Waals surface area contributed by atoms with Gasteiger partial charge in [0.25, 0.3) is 11.8 Å². The van der Waals surface area contributed by atoms with Gasteiger partial charge in [-0.15, -0.1) is 11.3 Å². The maximum Gasteiger partial charge on any atom is 0.339 e. The number of hydrogen-bond donors (Lipinski definition) is 8. The van der Waals surface area contributed by atoms with E-state index in [1.807, 2.05) is 0 Å². The molecule has 19 nitrogen and oxygen atoms in total. The first-order chi connectivity index (χ1) is 19.6. The molecular formula is C21H23N7O12S2. The lowest BCUT2D eigenvalue weighted by Crippen LogP contribution is -2.68. The van der Waals surface area contributed by atoms with Crippen molar-refractivity contribution in [3.63, 3.8) is 0 Å². The fourth-order valence-electron chi connectivity index (χ4n) is 3.21. The van der Waals surface area contributed by atoms with Crippen LogP contribution in [0.25, 0.3) is 0 Å². The number of likely N-dealkylation sites (tertiary alicyclic amines) is 1. The van der Waals surface area contributed by atoms with Crippen molar-refractivity contribution in [2.45, 2.75) is 19.4 Å². The maximum absolute atomic E-state index is 12.8. The summed E-state index contributed by atoms with van der Waals surface area (Å²) in [6.45, 7) is 0.446. The van der Waals surface area contributed by atoms with Crippen LogP contribution in [0.3, 0.4) is 0 Å². The summed E-state index contributed by atoms with van der Waals surface area (Å²) < 4.78 is 28.2. The first-order valence-electron chi connectivity index (χ1n) is 11.5. The van der Waals surface area contributed by atoms with Crippen LogP contribution in [0, 0.1) is 5.92 Å². The number of hydrogen-bond acceptors (Lipinski definition) is 14. The van der Waals surface area contributed by atoms with Crippen LogP contribution < -0.4 is 20.5 Å². The molecule has 21 heteroatoms. The average molecular weight is 630 g/mol. The highest BCUT2D eigenvalue weighted by molar-refractivity contribution is 7.91. The lowest BCUT2D eigenvalue weighted by molar-refractivity contribution is -0.143. The number of aliphatic carboxylic acids is 2. The minimum atomic E-state index is -4.88. The summed E-state index contributed by atoms with van der Waals surface area (Å²) in [7, 11) is -4.88. The smallest absolute Gasteiger partial charge is 0.339 e. The summed E-state index contributed by atoms with van der Waals surface area (Å²) in [5, 5.41) is 44.9. The molecule has 1 aromatic carbocycles. The lowest BCUT2D eigenvalue weighted by Gasteiger charge is -2.36. The van der Waals surface area contributed by atoms with Crippen LogP contribution in [-0.2, 0) is 40.6 Å². The molecule has 1 aromatic heterocycles. The number of thiazole rings is 1. The highest BCUT2D eigenvalue weighted by Gasteiger charge is 2.43. The third-order valence-electron chi connectivity index (χ3n) is 5.40. The number of carboxylic acid groups (broad SMARTS) is 2. The number of imide groups is 1. The summed E-state index contributed by atoms with van der Waals surface area (Å²) in [5.41, 5.74) is 4.11. The van der Waals surface area contributed by atoms with Crippen molar-refractivity contribution in [2.24, 2.45) is 11.1 Å². The van der Waals surface area contributed by atoms with Gasteiger partial charge in [-0.3, -0.25) is 28.8 Å². The molecule has 42 heavy (non-hydrogen) atoms. The Balaban J connectivity index is 1.66. The molecular weight excluding hydrogens is 606 g/mol. The SMILES string of the molecule is CC(CO/N=C(/C(=O)N[C@H]1CN(C(=O)NS(=O)(=O)Nc2c(CC(=O)O)ccc(O)c2O)C1=O)c1csc(N)n1)C(=O)O. The van der Waals surface area contributed by atoms with E-state index in [1.165, 1.54) is 17.0 Å². The third-order valence-corrected chi connectivity index (χ3v) is 6.99. The predicted octanol–water partition coefficient (Wildman–Crippen LogP) is -1.40. The van der Waals surface area contributed by atoms with Crippen LogP contribution in [0.15, 0.2) is 22.7 Å². The van der Waals surface area contributed by atoms with Crippen molar-refractivity contribution in [3.8, 4) is 11.5 Å². The first-order valence-corrected chi connectivity index (χ1v) is 13.8. The summed E-state index contributed by atoms with van der Waals surface area (Å²) in [6.07, 6.45) is -0.756. The Bertz CT molecular complexity index is 1570. The molecule has 2 aromatic rings. The van der Waals surface area contributed by atoms with Crippen molar-refractivity contribution in [3.05, 3.63) is 28.8 Å². The Morgan fingerprint density at radius 1 is 1.26 bits per heavy atom. The first kappa shape index (κ1) is 31.3. The van der Waals surface area contributed by atoms with E-state index >= 15 is 0 Å². The quantitative estimate of drug-likeness (QED) is 0.0580. The molecule has 1 aliphatic heterocycles. The van der Waals surface area contributed by atoms with Crippen LogP contribution in [-0.4, -0.2) is 93.4 Å². The van der Waals surface area contributed by atoms with Gasteiger partial charge in [-0.05, 0) is 18.6 Å². The van der Waals surface area contributed by atoms with E-state index in [4.69, 9.17) is 20.8 Å². The number of benzene rings is 1. The summed E-state index contributed by atoms with van der Waals surface area (Å²) in [6, 6.07) is -0.802. The molecule has 1 unspecified atom stereocenters. The number of aromatic nitrogens is 1. The van der Waals surface area contributed by atoms with E-state index in [1.54, 1.807) is 4.72 Å². The standard InChI is InChI=1S/C21H23N7O12S2/c1-8(19(35)36)6-40-25-15(11-7-41-20(22)24-11)17(33)23-10-5-28(18(10)34)21(37)27-42(38,39)26-14-9(4-13(30)31)2-3-12(29)16(14)32/h2-3,7-8,10,26,29,32H,4-6H2,1H3,(H2,22,24)(H,23,33)(H,27,37)(H,30,31)(H,35,36)/b25-15+/t8?,10-/m0/s1. The second-order valence-electron chi connectivity index (χ2n) is 8.57. The van der Waals surface area contributed by atoms with E-state index in [0.717, 1.165) is 23.5 Å². The number of β-lactam (4-membered cyclic amide) rings is 1. The average Bonchev–Trinajstić information content (AvgIpc) is 3.32. The molecule has 3 rings (SSSR count). The zero-order valence-electron chi connectivity index (χ0n) is 21.3. The van der Waals surface area contributed by atoms with Gasteiger partial charge in [0, 0.05) is 5.38 Å². The summed E-state index contributed by atoms with van der Waals surface area (Å²) in [5.74, 6) is -7.35. The van der Waals surface area contributed by atoms with Gasteiger partial charge in [-0.25, -0.2) is 14.5 Å². The number of nitrogens with two attached hydrogens (primary N) is 1. The largest absolute Gasteiger partial charge is 0.504 e. The fraction of sp³-hybridized carbons (Fsp3) is 0.286. The number of carboxylic acids is 2. The number of amides is 4. The van der Waals surface area contributed by atoms with E-state index in [9.17, 15) is 42.6 Å². The molecule has 1 aliphatic rings. The van der Waals surface area contributed by atoms with Crippen LogP contribution in [0.1, 0.15) is 18.2 Å². The Morgan fingerprint density at radius 2 is 1.95 bits per heavy atom. The minimum absolute atomic E-state index is 0.0472. The zero-order chi connectivity index (χ0) is 31.4. The molecule has 2 atom stereocenters. The molecule has 0 aliphatic carbocycles. The number of oxime groups is 1. The van der Waals surface area contributed by atoms with Crippen molar-refractivity contribution in [1.82, 2.24) is 19.9 Å². The molecule has 0 saturated carbocycles. The Morgan fingerprint density at radius 3 is 2.52 bits per heavy atom. The van der Waals surface area contributed by atoms with Gasteiger partial charge in [0.2, 0.25) is 0 Å². The molecule has 0 spiro atoms. The molecule has 9 N–H and O–H groups in total. The highest BCUT2D eigenvalue weighted by atomic mass is 32.2. The number of carbonyl (C=O) groups is 5. The van der Waals surface area contributed by atoms with Gasteiger partial charge in [0.1, 0.15) is 18.3 Å². The maximum atomic E-state index is 12.8. The van der Waals surface area contributed by atoms with Crippen LogP contribution in [0.4, 0.5) is 15.6 Å². The van der Waals surface area contributed by atoms with Gasteiger partial charge in [-0.2, -0.15) is 8.42 Å². The summed E-state index contributed by atoms with van der Waals surface area (Å²) in [4.78, 5) is 69.1. The van der Waals surface area contributed by atoms with Gasteiger partial charge >= 0.3 is 28.2 Å². The van der Waals surface area contributed by atoms with Crippen LogP contribution in [0.2, 0.25) is 0 Å². The molecule has 0 radical (unpaired) electrons. The molecule has 0 bridgehead atoms. The zero-order valence-corrected chi connectivity index (χ0v) is 22.9. The second kappa shape index (κ2) is 12.6. The van der Waals surface area contributed by atoms with Gasteiger partial charge in [0.15, 0.2) is 22.3 Å². The Kier molecular flexibility index (Phi) is 9.37. The predicted molar refractivity (Wildman–Crippen MR) is 142 cm³/mol. The van der Waals surface area contributed by atoms with Gasteiger partial charge in [-0.1, -0.05) is 11.2 Å². The minimum Gasteiger partial charge on any atom is -0.504 e. The molecule has 1 saturated heterocycles. The normalized spacial score (nSPS) is 15.7. The Labute approximate surface area is 239 Å². The number of phenols is 2. The van der Waals surface area contributed by atoms with Gasteiger partial charge < -0.3 is 36.3 Å². The monoisotopic (exact) mass is 629 g/mol. The van der Waals surface area contributed by atoms with Crippen molar-refractivity contribution in [2.75, 3.05) is 23.6 Å². The number of phenolic OH excluding ortho intramolecular Hbond substituents is 2. The van der Waals surface area contributed by atoms with E-state index < -0.39 is 94.4 Å². The van der Waals surface area contributed by atoms with E-state index in [-0.39, 0.29) is 16.4 Å². The second-order valence-corrected chi connectivity index (χ2v) is 10.9. The topological polar surface area (TPSA) is 300 Å². The number of nitrogen functional groups attached to an aromatic ring is 1. The molecule has 1 fully saturated rings. The lowest BCUT2D eigenvalue weighted by atomic mass is 10.1. The Hall–Kier alpha value is -5.18. The van der Waals surface area contributed by atoms with E-state index in [0.29, 0.717) is 4.90 Å². The number of nitrogens with zero attached hydrogens (tertiary/aromatic N) is 3. The number of urea groups is 1. The number of nitrogens with one attached hydrogen (secondary N) is 3. The van der Waals surface area contributed by atoms with E-state index in [2.05, 4.69) is 15.5 Å². The number of rotatable bonds is 12. The molecule has 226 valence electrons. The fourth-order valence-corrected chi connectivity index (χ4v) is 4.64. The van der Waals surface area contributed by atoms with Crippen LogP contribution >= 0.6 is 11.3 Å². The number of aromatic hydroxyl groups is 2. The van der Waals surface area contributed by atoms with Gasteiger partial charge in [0.05, 0.1) is 24.6 Å². The highest BCUT2D eigenvalue weighted by Crippen LogP contribution is 2.37. The van der Waals surface area contributed by atoms with Crippen molar-refractivity contribution < 1.29 is 57.7 Å². The van der Waals surface area contributed by atoms with Crippen molar-refractivity contribution >= 4 is 67.9 Å². The molecule has 4 amide bonds.